The van der Waals surface area contributed by atoms with Gasteiger partial charge in [0.15, 0.2) is 0 Å². The third-order valence-electron chi connectivity index (χ3n) is 4.06. The molecule has 1 unspecified atom stereocenters. The van der Waals surface area contributed by atoms with Gasteiger partial charge >= 0.3 is 0 Å². The van der Waals surface area contributed by atoms with E-state index in [-0.39, 0.29) is 17.4 Å². The lowest BCUT2D eigenvalue weighted by molar-refractivity contribution is -0.122. The lowest BCUT2D eigenvalue weighted by Crippen LogP contribution is -2.49. The minimum atomic E-state index is -0.0748. The third-order valence-corrected chi connectivity index (χ3v) is 4.06. The van der Waals surface area contributed by atoms with Crippen LogP contribution in [-0.4, -0.2) is 43.5 Å². The van der Waals surface area contributed by atoms with Gasteiger partial charge in [0.05, 0.1) is 5.92 Å². The van der Waals surface area contributed by atoms with E-state index in [0.717, 1.165) is 11.3 Å². The molecule has 0 fully saturated rings. The number of nitrogens with zero attached hydrogens (tertiary/aromatic N) is 1. The van der Waals surface area contributed by atoms with Gasteiger partial charge in [-0.05, 0) is 39.6 Å². The van der Waals surface area contributed by atoms with E-state index < -0.39 is 0 Å². The molecule has 1 atom stereocenters. The second-order valence-corrected chi connectivity index (χ2v) is 5.95. The van der Waals surface area contributed by atoms with Gasteiger partial charge in [0.2, 0.25) is 5.91 Å². The molecule has 1 aromatic carbocycles. The Labute approximate surface area is 115 Å². The van der Waals surface area contributed by atoms with Crippen LogP contribution in [0.15, 0.2) is 24.3 Å². The molecule has 0 bridgehead atoms. The molecule has 0 saturated heterocycles. The van der Waals surface area contributed by atoms with Crippen LogP contribution in [0.5, 0.6) is 0 Å². The quantitative estimate of drug-likeness (QED) is 0.866. The summed E-state index contributed by atoms with van der Waals surface area (Å²) in [7, 11) is 4.05. The Bertz CT molecular complexity index is 468. The molecule has 1 heterocycles. The van der Waals surface area contributed by atoms with Crippen LogP contribution < -0.4 is 10.6 Å². The molecule has 0 aromatic heterocycles. The van der Waals surface area contributed by atoms with Gasteiger partial charge in [0.25, 0.3) is 0 Å². The summed E-state index contributed by atoms with van der Waals surface area (Å²) >= 11 is 0. The predicted molar refractivity (Wildman–Crippen MR) is 78.4 cm³/mol. The summed E-state index contributed by atoms with van der Waals surface area (Å²) in [6.07, 6.45) is 0. The summed E-state index contributed by atoms with van der Waals surface area (Å²) in [5.74, 6) is 0.0292. The molecule has 0 radical (unpaired) electrons. The number of fused-ring (bicyclic) bond motifs is 1. The summed E-state index contributed by atoms with van der Waals surface area (Å²) in [5.41, 5.74) is 2.14. The molecular formula is C15H23N3O. The largest absolute Gasteiger partial charge is 0.384 e. The van der Waals surface area contributed by atoms with Crippen LogP contribution in [0.1, 0.15) is 25.3 Å². The minimum Gasteiger partial charge on any atom is -0.384 e. The summed E-state index contributed by atoms with van der Waals surface area (Å²) in [6, 6.07) is 8.01. The van der Waals surface area contributed by atoms with Crippen LogP contribution in [0.2, 0.25) is 0 Å². The zero-order chi connectivity index (χ0) is 14.0. The Morgan fingerprint density at radius 3 is 2.79 bits per heavy atom. The second-order valence-electron chi connectivity index (χ2n) is 5.95. The first kappa shape index (κ1) is 13.9. The number of hydrogen-bond donors (Lipinski definition) is 2. The Hall–Kier alpha value is -1.55. The standard InChI is InChI=1S/C15H23N3O/c1-15(2,18(3)4)10-17-14(19)12-9-16-13-8-6-5-7-11(12)13/h5-8,12,16H,9-10H2,1-4H3,(H,17,19). The summed E-state index contributed by atoms with van der Waals surface area (Å²) in [5, 5.41) is 6.35. The van der Waals surface area contributed by atoms with Gasteiger partial charge < -0.3 is 15.5 Å². The average molecular weight is 261 g/mol. The van der Waals surface area contributed by atoms with Gasteiger partial charge in [-0.3, -0.25) is 4.79 Å². The van der Waals surface area contributed by atoms with E-state index in [4.69, 9.17) is 0 Å². The van der Waals surface area contributed by atoms with E-state index >= 15 is 0 Å². The highest BCUT2D eigenvalue weighted by atomic mass is 16.1. The Morgan fingerprint density at radius 1 is 1.42 bits per heavy atom. The van der Waals surface area contributed by atoms with Crippen molar-refractivity contribution >= 4 is 11.6 Å². The Balaban J connectivity index is 1.99. The third kappa shape index (κ3) is 2.89. The average Bonchev–Trinajstić information content (AvgIpc) is 2.79. The summed E-state index contributed by atoms with van der Waals surface area (Å²) in [6.45, 7) is 5.58. The van der Waals surface area contributed by atoms with Crippen molar-refractivity contribution in [2.45, 2.75) is 25.3 Å². The number of carbonyl (C=O) groups excluding carboxylic acids is 1. The number of para-hydroxylation sites is 1. The number of benzene rings is 1. The highest BCUT2D eigenvalue weighted by molar-refractivity contribution is 5.88. The van der Waals surface area contributed by atoms with Crippen LogP contribution in [0.4, 0.5) is 5.69 Å². The maximum atomic E-state index is 12.3. The predicted octanol–water partition coefficient (Wildman–Crippen LogP) is 1.65. The molecule has 0 saturated carbocycles. The van der Waals surface area contributed by atoms with Crippen molar-refractivity contribution in [3.05, 3.63) is 29.8 Å². The normalized spacial score (nSPS) is 18.1. The second kappa shape index (κ2) is 5.21. The van der Waals surface area contributed by atoms with E-state index in [1.807, 2.05) is 38.4 Å². The molecule has 4 heteroatoms. The van der Waals surface area contributed by atoms with Gasteiger partial charge in [-0.1, -0.05) is 18.2 Å². The van der Waals surface area contributed by atoms with E-state index in [2.05, 4.69) is 29.4 Å². The number of likely N-dealkylation sites (N-methyl/N-ethyl adjacent to an activating group) is 1. The van der Waals surface area contributed by atoms with Gasteiger partial charge in [0.1, 0.15) is 0 Å². The maximum Gasteiger partial charge on any atom is 0.229 e. The van der Waals surface area contributed by atoms with Gasteiger partial charge in [-0.25, -0.2) is 0 Å². The first-order valence-electron chi connectivity index (χ1n) is 6.70. The number of rotatable bonds is 4. The molecule has 1 aliphatic rings. The molecule has 4 nitrogen and oxygen atoms in total. The van der Waals surface area contributed by atoms with Crippen LogP contribution >= 0.6 is 0 Å². The first-order valence-corrected chi connectivity index (χ1v) is 6.70. The number of nitrogens with one attached hydrogen (secondary N) is 2. The van der Waals surface area contributed by atoms with Crippen LogP contribution in [0.3, 0.4) is 0 Å². The Kier molecular flexibility index (Phi) is 3.80. The number of carbonyl (C=O) groups is 1. The molecular weight excluding hydrogens is 238 g/mol. The van der Waals surface area contributed by atoms with E-state index in [1.54, 1.807) is 0 Å². The van der Waals surface area contributed by atoms with Gasteiger partial charge in [0, 0.05) is 24.3 Å². The highest BCUT2D eigenvalue weighted by Gasteiger charge is 2.29. The van der Waals surface area contributed by atoms with E-state index in [0.29, 0.717) is 13.1 Å². The van der Waals surface area contributed by atoms with Crippen molar-refractivity contribution in [3.63, 3.8) is 0 Å². The van der Waals surface area contributed by atoms with Crippen molar-refractivity contribution in [2.24, 2.45) is 0 Å². The topological polar surface area (TPSA) is 44.4 Å². The molecule has 2 N–H and O–H groups in total. The summed E-state index contributed by atoms with van der Waals surface area (Å²) < 4.78 is 0. The molecule has 1 aliphatic heterocycles. The van der Waals surface area contributed by atoms with Crippen LogP contribution in [0.25, 0.3) is 0 Å². The number of hydrogen-bond acceptors (Lipinski definition) is 3. The minimum absolute atomic E-state index is 0.0405. The van der Waals surface area contributed by atoms with Gasteiger partial charge in [-0.15, -0.1) is 0 Å². The van der Waals surface area contributed by atoms with Gasteiger partial charge in [-0.2, -0.15) is 0 Å². The first-order chi connectivity index (χ1) is 8.92. The lowest BCUT2D eigenvalue weighted by atomic mass is 9.99. The van der Waals surface area contributed by atoms with Crippen molar-refractivity contribution in [2.75, 3.05) is 32.5 Å². The zero-order valence-electron chi connectivity index (χ0n) is 12.2. The monoisotopic (exact) mass is 261 g/mol. The van der Waals surface area contributed by atoms with Crippen LogP contribution in [-0.2, 0) is 4.79 Å². The fourth-order valence-corrected chi connectivity index (χ4v) is 2.10. The van der Waals surface area contributed by atoms with Crippen LogP contribution in [0, 0.1) is 0 Å². The highest BCUT2D eigenvalue weighted by Crippen LogP contribution is 2.31. The lowest BCUT2D eigenvalue weighted by Gasteiger charge is -2.33. The fourth-order valence-electron chi connectivity index (χ4n) is 2.10. The molecule has 2 rings (SSSR count). The fraction of sp³-hybridized carbons (Fsp3) is 0.533. The molecule has 1 amide bonds. The van der Waals surface area contributed by atoms with E-state index in [9.17, 15) is 4.79 Å². The molecule has 1 aromatic rings. The van der Waals surface area contributed by atoms with Crippen molar-refractivity contribution in [3.8, 4) is 0 Å². The zero-order valence-corrected chi connectivity index (χ0v) is 12.2. The number of amides is 1. The van der Waals surface area contributed by atoms with Crippen molar-refractivity contribution in [1.29, 1.82) is 0 Å². The van der Waals surface area contributed by atoms with Crippen molar-refractivity contribution < 1.29 is 4.79 Å². The summed E-state index contributed by atoms with van der Waals surface area (Å²) in [4.78, 5) is 14.4. The molecule has 0 spiro atoms. The van der Waals surface area contributed by atoms with E-state index in [1.165, 1.54) is 0 Å². The smallest absolute Gasteiger partial charge is 0.229 e. The van der Waals surface area contributed by atoms with Crippen molar-refractivity contribution in [1.82, 2.24) is 10.2 Å². The molecule has 0 aliphatic carbocycles. The SMILES string of the molecule is CN(C)C(C)(C)CNC(=O)C1CNc2ccccc21. The molecule has 19 heavy (non-hydrogen) atoms. The maximum absolute atomic E-state index is 12.3. The number of anilines is 1. The Morgan fingerprint density at radius 2 is 2.11 bits per heavy atom. The molecule has 104 valence electrons.